The molecule has 1 saturated carbocycles. The molecule has 0 amide bonds. The maximum Gasteiger partial charge on any atom is 0.312 e. The Morgan fingerprint density at radius 1 is 0.839 bits per heavy atom. The Bertz CT molecular complexity index is 2660. The van der Waals surface area contributed by atoms with Gasteiger partial charge < -0.3 is 34.8 Å². The number of carboxylic acid groups (broad SMARTS) is 2. The molecule has 3 aromatic heterocycles. The summed E-state index contributed by atoms with van der Waals surface area (Å²) in [4.78, 5) is 67.2. The number of cyclic esters (lactones) is 1. The fourth-order valence-corrected chi connectivity index (χ4v) is 10.4. The smallest absolute Gasteiger partial charge is 0.312 e. The van der Waals surface area contributed by atoms with Gasteiger partial charge in [-0.15, -0.1) is 0 Å². The maximum absolute atomic E-state index is 13.1. The molecule has 1 saturated heterocycles. The molecule has 1 aliphatic carbocycles. The first-order valence-electron chi connectivity index (χ1n) is 21.4. The van der Waals surface area contributed by atoms with Crippen LogP contribution in [0.4, 0.5) is 0 Å². The molecule has 13 heteroatoms. The van der Waals surface area contributed by atoms with Gasteiger partial charge in [-0.05, 0) is 130 Å². The molecule has 0 aromatic carbocycles. The number of aromatic nitrogens is 4. The summed E-state index contributed by atoms with van der Waals surface area (Å²) < 4.78 is 11.3. The molecule has 62 heavy (non-hydrogen) atoms. The molecule has 0 unspecified atom stereocenters. The van der Waals surface area contributed by atoms with Crippen molar-refractivity contribution in [3.8, 4) is 0 Å². The molecule has 4 aliphatic rings. The number of H-pyrrole nitrogens is 2. The Balaban J connectivity index is 1.55. The molecule has 326 valence electrons. The number of hydrogen-bond acceptors (Lipinski definition) is 9. The van der Waals surface area contributed by atoms with Gasteiger partial charge in [-0.3, -0.25) is 19.2 Å². The fraction of sp³-hybridized carbons (Fsp3) is 0.429. The third-order valence-corrected chi connectivity index (χ3v) is 13.8. The number of aliphatic hydroxyl groups is 1. The topological polar surface area (TPSA) is 205 Å². The van der Waals surface area contributed by atoms with Crippen LogP contribution in [0.15, 0.2) is 37.4 Å². The number of carbonyl (C=O) groups is 4. The number of rotatable bonds is 12. The molecular weight excluding hydrogens is 789 g/mol. The molecule has 7 rings (SSSR count). The van der Waals surface area contributed by atoms with E-state index in [0.29, 0.717) is 47.6 Å². The predicted octanol–water partition coefficient (Wildman–Crippen LogP) is 8.91. The number of aromatic amines is 2. The Morgan fingerprint density at radius 2 is 1.48 bits per heavy atom. The number of fused-ring (bicyclic) bond motifs is 9. The van der Waals surface area contributed by atoms with E-state index in [-0.39, 0.29) is 31.6 Å². The number of nitrogens with one attached hydrogen (secondary N) is 2. The van der Waals surface area contributed by atoms with Crippen LogP contribution < -0.4 is 0 Å². The van der Waals surface area contributed by atoms with Gasteiger partial charge in [0.15, 0.2) is 0 Å². The highest BCUT2D eigenvalue weighted by molar-refractivity contribution is 6.00. The molecular formula is C49H56N4O9. The molecule has 5 N–H and O–H groups in total. The van der Waals surface area contributed by atoms with Gasteiger partial charge in [0.1, 0.15) is 5.60 Å². The third-order valence-electron chi connectivity index (χ3n) is 13.8. The van der Waals surface area contributed by atoms with Crippen LogP contribution >= 0.6 is 0 Å². The van der Waals surface area contributed by atoms with Gasteiger partial charge in [0.2, 0.25) is 0 Å². The van der Waals surface area contributed by atoms with Crippen LogP contribution in [0.5, 0.6) is 0 Å². The normalized spacial score (nSPS) is 23.5. The SMILES string of the molecule is C=CC1=C(C)c2cc3[nH]c(cc4[nH]c(cc5nc(c(CC[C@H]6[C@H](C)CC[C@H]7[C@@H](C)C(=O)O[C@H](OC(C)=O)[C@@]67O)c1n2)C(C)=C5CCC(=O)O)c(CCC(=O)O)c4C)c(C)c3C=C. The zero-order valence-corrected chi connectivity index (χ0v) is 36.5. The van der Waals surface area contributed by atoms with Crippen LogP contribution in [-0.2, 0) is 41.5 Å². The Kier molecular flexibility index (Phi) is 12.1. The largest absolute Gasteiger partial charge is 0.481 e. The number of nitrogens with zero attached hydrogens (tertiary/aromatic N) is 2. The summed E-state index contributed by atoms with van der Waals surface area (Å²) in [6, 6.07) is 5.88. The van der Waals surface area contributed by atoms with Crippen molar-refractivity contribution < 1.29 is 44.0 Å². The lowest BCUT2D eigenvalue weighted by Crippen LogP contribution is -2.66. The van der Waals surface area contributed by atoms with E-state index in [0.717, 1.165) is 73.1 Å². The fourth-order valence-electron chi connectivity index (χ4n) is 10.4. The second-order valence-corrected chi connectivity index (χ2v) is 17.3. The van der Waals surface area contributed by atoms with Crippen LogP contribution in [0.1, 0.15) is 124 Å². The van der Waals surface area contributed by atoms with E-state index in [9.17, 15) is 34.5 Å². The van der Waals surface area contributed by atoms with Crippen LogP contribution in [0.3, 0.4) is 0 Å². The first kappa shape index (κ1) is 44.0. The van der Waals surface area contributed by atoms with E-state index < -0.39 is 53.5 Å². The van der Waals surface area contributed by atoms with Gasteiger partial charge >= 0.3 is 23.9 Å². The van der Waals surface area contributed by atoms with E-state index in [1.54, 1.807) is 19.1 Å². The van der Waals surface area contributed by atoms with Gasteiger partial charge in [-0.25, -0.2) is 9.97 Å². The minimum Gasteiger partial charge on any atom is -0.481 e. The summed E-state index contributed by atoms with van der Waals surface area (Å²) in [7, 11) is 0. The van der Waals surface area contributed by atoms with Gasteiger partial charge in [0.25, 0.3) is 6.29 Å². The predicted molar refractivity (Wildman–Crippen MR) is 238 cm³/mol. The second kappa shape index (κ2) is 17.0. The first-order valence-corrected chi connectivity index (χ1v) is 21.4. The molecule has 6 heterocycles. The first-order chi connectivity index (χ1) is 29.4. The van der Waals surface area contributed by atoms with E-state index >= 15 is 0 Å². The highest BCUT2D eigenvalue weighted by Gasteiger charge is 2.62. The van der Waals surface area contributed by atoms with E-state index in [1.807, 2.05) is 45.9 Å². The van der Waals surface area contributed by atoms with Crippen molar-refractivity contribution in [2.24, 2.45) is 23.7 Å². The van der Waals surface area contributed by atoms with E-state index in [2.05, 4.69) is 30.0 Å². The average molecular weight is 845 g/mol. The third kappa shape index (κ3) is 7.71. The summed E-state index contributed by atoms with van der Waals surface area (Å²) >= 11 is 0. The molecule has 2 fully saturated rings. The van der Waals surface area contributed by atoms with Crippen molar-refractivity contribution in [1.82, 2.24) is 19.9 Å². The van der Waals surface area contributed by atoms with Crippen LogP contribution in [0, 0.1) is 37.5 Å². The number of carbonyl (C=O) groups excluding carboxylic acids is 2. The Morgan fingerprint density at radius 3 is 2.15 bits per heavy atom. The molecule has 3 aliphatic heterocycles. The summed E-state index contributed by atoms with van der Waals surface area (Å²) in [5, 5.41) is 32.5. The highest BCUT2D eigenvalue weighted by Crippen LogP contribution is 2.53. The lowest BCUT2D eigenvalue weighted by atomic mass is 9.58. The van der Waals surface area contributed by atoms with Crippen molar-refractivity contribution >= 4 is 74.3 Å². The van der Waals surface area contributed by atoms with Crippen LogP contribution in [-0.4, -0.2) is 71.0 Å². The zero-order valence-electron chi connectivity index (χ0n) is 36.5. The number of aryl methyl sites for hydroxylation is 3. The second-order valence-electron chi connectivity index (χ2n) is 17.3. The van der Waals surface area contributed by atoms with Crippen molar-refractivity contribution in [2.75, 3.05) is 0 Å². The Labute approximate surface area is 360 Å². The number of carboxylic acids is 2. The number of esters is 2. The van der Waals surface area contributed by atoms with Crippen molar-refractivity contribution in [2.45, 2.75) is 112 Å². The molecule has 8 bridgehead atoms. The van der Waals surface area contributed by atoms with Crippen molar-refractivity contribution in [3.05, 3.63) is 88.0 Å². The van der Waals surface area contributed by atoms with Crippen molar-refractivity contribution in [3.63, 3.8) is 0 Å². The summed E-state index contributed by atoms with van der Waals surface area (Å²) in [5.74, 6) is -4.76. The zero-order chi connectivity index (χ0) is 44.9. The quantitative estimate of drug-likeness (QED) is 0.109. The summed E-state index contributed by atoms with van der Waals surface area (Å²) in [5.41, 5.74) is 11.3. The molecule has 0 radical (unpaired) electrons. The van der Waals surface area contributed by atoms with Crippen LogP contribution in [0.2, 0.25) is 0 Å². The minimum atomic E-state index is -1.68. The van der Waals surface area contributed by atoms with Gasteiger partial charge in [-0.1, -0.05) is 39.2 Å². The average Bonchev–Trinajstić information content (AvgIpc) is 3.88. The minimum absolute atomic E-state index is 0.0556. The number of allylic oxidation sites excluding steroid dienone is 5. The lowest BCUT2D eigenvalue weighted by molar-refractivity contribution is -0.297. The van der Waals surface area contributed by atoms with Gasteiger partial charge in [0, 0.05) is 64.5 Å². The number of hydrogen-bond donors (Lipinski definition) is 5. The maximum atomic E-state index is 13.1. The lowest BCUT2D eigenvalue weighted by Gasteiger charge is -2.55. The van der Waals surface area contributed by atoms with Gasteiger partial charge in [-0.2, -0.15) is 0 Å². The molecule has 0 spiro atoms. The number of aliphatic carboxylic acids is 2. The summed E-state index contributed by atoms with van der Waals surface area (Å²) in [6.45, 7) is 21.2. The van der Waals surface area contributed by atoms with E-state index in [1.165, 1.54) is 6.92 Å². The number of ether oxygens (including phenoxy) is 2. The monoisotopic (exact) mass is 844 g/mol. The van der Waals surface area contributed by atoms with Crippen LogP contribution in [0.25, 0.3) is 50.4 Å². The summed E-state index contributed by atoms with van der Waals surface area (Å²) in [6.07, 6.45) is 4.27. The Hall–Kier alpha value is -6.08. The molecule has 13 nitrogen and oxygen atoms in total. The molecule has 3 aromatic rings. The van der Waals surface area contributed by atoms with Crippen molar-refractivity contribution in [1.29, 1.82) is 0 Å². The highest BCUT2D eigenvalue weighted by atomic mass is 16.7. The van der Waals surface area contributed by atoms with E-state index in [4.69, 9.17) is 19.4 Å². The standard InChI is InChI=1S/C49H56N4O9/c1-10-30-24(4)37-20-38-26(6)32(14-18-43(55)56)41(51-38)22-42-33(15-19-44(57)58)27(7)45(53-42)34(46-31(11-2)25(5)39(52-46)21-40(30)50-37)13-17-35-23(3)12-16-36-28(8)47(59)62-48(49(35,36)60)61-29(9)54/h10-11,20-23,28,35-36,48,50-51,60H,1-2,12-19H2,3-9H3,(H,55,56)(H,57,58)/t23-,28-,35+,36+,48+,49-/m1/s1. The van der Waals surface area contributed by atoms with Gasteiger partial charge in [0.05, 0.1) is 28.7 Å². The molecule has 6 atom stereocenters.